The van der Waals surface area contributed by atoms with Crippen molar-refractivity contribution in [3.63, 3.8) is 0 Å². The van der Waals surface area contributed by atoms with Gasteiger partial charge in [0.1, 0.15) is 5.75 Å². The van der Waals surface area contributed by atoms with E-state index in [1.165, 1.54) is 6.07 Å². The van der Waals surface area contributed by atoms with E-state index in [1.807, 2.05) is 0 Å². The molecule has 14 heavy (non-hydrogen) atoms. The van der Waals surface area contributed by atoms with E-state index in [0.29, 0.717) is 11.3 Å². The fourth-order valence-corrected chi connectivity index (χ4v) is 1.72. The number of carbonyl (C=O) groups excluding carboxylic acids is 2. The number of halogens is 1. The van der Waals surface area contributed by atoms with Crippen molar-refractivity contribution in [2.45, 2.75) is 6.92 Å². The zero-order valence-electron chi connectivity index (χ0n) is 7.22. The number of phenols is 1. The Kier molecular flexibility index (Phi) is 1.75. The Morgan fingerprint density at radius 3 is 2.71 bits per heavy atom. The molecule has 1 aliphatic heterocycles. The van der Waals surface area contributed by atoms with Gasteiger partial charge in [-0.2, -0.15) is 0 Å². The second-order valence-corrected chi connectivity index (χ2v) is 3.44. The molecule has 1 aliphatic rings. The maximum atomic E-state index is 11.3. The van der Waals surface area contributed by atoms with Crippen LogP contribution in [0.4, 0.5) is 5.69 Å². The van der Waals surface area contributed by atoms with Gasteiger partial charge in [-0.25, -0.2) is 0 Å². The number of hydrogen-bond donors (Lipinski definition) is 2. The molecule has 0 spiro atoms. The van der Waals surface area contributed by atoms with E-state index in [0.717, 1.165) is 0 Å². The molecule has 72 valence electrons. The van der Waals surface area contributed by atoms with E-state index in [-0.39, 0.29) is 16.3 Å². The lowest BCUT2D eigenvalue weighted by Crippen LogP contribution is -2.12. The van der Waals surface area contributed by atoms with Crippen molar-refractivity contribution in [2.24, 2.45) is 0 Å². The van der Waals surface area contributed by atoms with Gasteiger partial charge in [-0.15, -0.1) is 0 Å². The van der Waals surface area contributed by atoms with Crippen LogP contribution in [0.3, 0.4) is 0 Å². The number of Topliss-reactive ketones (excluding diaryl/α,β-unsaturated/α-hetero) is 1. The summed E-state index contributed by atoms with van der Waals surface area (Å²) in [4.78, 5) is 22.3. The molecule has 4 nitrogen and oxygen atoms in total. The molecule has 0 fully saturated rings. The minimum Gasteiger partial charge on any atom is -0.506 e. The lowest BCUT2D eigenvalue weighted by Gasteiger charge is -2.05. The number of anilines is 1. The summed E-state index contributed by atoms with van der Waals surface area (Å²) in [5.41, 5.74) is 0.934. The van der Waals surface area contributed by atoms with Crippen molar-refractivity contribution in [3.05, 3.63) is 22.2 Å². The third-order valence-corrected chi connectivity index (χ3v) is 2.48. The summed E-state index contributed by atoms with van der Waals surface area (Å²) < 4.78 is 0. The topological polar surface area (TPSA) is 66.4 Å². The monoisotopic (exact) mass is 211 g/mol. The normalized spacial score (nSPS) is 14.1. The molecule has 0 saturated carbocycles. The van der Waals surface area contributed by atoms with Crippen LogP contribution in [-0.2, 0) is 4.79 Å². The Labute approximate surface area is 84.5 Å². The van der Waals surface area contributed by atoms with Crippen molar-refractivity contribution in [1.82, 2.24) is 0 Å². The predicted molar refractivity (Wildman–Crippen MR) is 50.8 cm³/mol. The molecule has 5 heteroatoms. The standard InChI is InChI=1S/C9H6ClNO3/c1-3-2-4-5(6(10)7(3)12)8(13)9(14)11-4/h2,12H,1H3,(H,11,13,14). The Morgan fingerprint density at radius 2 is 2.07 bits per heavy atom. The number of ketones is 1. The summed E-state index contributed by atoms with van der Waals surface area (Å²) >= 11 is 5.74. The summed E-state index contributed by atoms with van der Waals surface area (Å²) in [7, 11) is 0. The first-order valence-electron chi connectivity index (χ1n) is 3.90. The second kappa shape index (κ2) is 2.72. The maximum Gasteiger partial charge on any atom is 0.296 e. The summed E-state index contributed by atoms with van der Waals surface area (Å²) in [5, 5.41) is 11.8. The van der Waals surface area contributed by atoms with E-state index in [1.54, 1.807) is 6.92 Å². The van der Waals surface area contributed by atoms with Gasteiger partial charge in [0.15, 0.2) is 0 Å². The van der Waals surface area contributed by atoms with E-state index in [2.05, 4.69) is 5.32 Å². The van der Waals surface area contributed by atoms with Crippen LogP contribution in [0.2, 0.25) is 5.02 Å². The Hall–Kier alpha value is -1.55. The van der Waals surface area contributed by atoms with Crippen molar-refractivity contribution < 1.29 is 14.7 Å². The molecule has 0 atom stereocenters. The molecule has 0 saturated heterocycles. The molecule has 1 aromatic rings. The molecule has 0 radical (unpaired) electrons. The third-order valence-electron chi connectivity index (χ3n) is 2.11. The van der Waals surface area contributed by atoms with Gasteiger partial charge in [-0.3, -0.25) is 9.59 Å². The van der Waals surface area contributed by atoms with Crippen LogP contribution in [0.15, 0.2) is 6.07 Å². The van der Waals surface area contributed by atoms with Gasteiger partial charge >= 0.3 is 0 Å². The number of phenolic OH excluding ortho intramolecular Hbond substituents is 1. The van der Waals surface area contributed by atoms with Crippen LogP contribution < -0.4 is 5.32 Å². The number of amides is 1. The Bertz CT molecular complexity index is 468. The highest BCUT2D eigenvalue weighted by Crippen LogP contribution is 2.38. The minimum atomic E-state index is -0.716. The number of aryl methyl sites for hydroxylation is 1. The van der Waals surface area contributed by atoms with Gasteiger partial charge in [-0.05, 0) is 18.6 Å². The average molecular weight is 212 g/mol. The highest BCUT2D eigenvalue weighted by atomic mass is 35.5. The molecule has 1 heterocycles. The molecule has 0 aliphatic carbocycles. The smallest absolute Gasteiger partial charge is 0.296 e. The zero-order valence-corrected chi connectivity index (χ0v) is 7.97. The van der Waals surface area contributed by atoms with Crippen LogP contribution in [0.25, 0.3) is 0 Å². The van der Waals surface area contributed by atoms with E-state index < -0.39 is 11.7 Å². The fraction of sp³-hybridized carbons (Fsp3) is 0.111. The fourth-order valence-electron chi connectivity index (χ4n) is 1.38. The molecule has 0 bridgehead atoms. The van der Waals surface area contributed by atoms with Gasteiger partial charge in [-0.1, -0.05) is 11.6 Å². The van der Waals surface area contributed by atoms with Crippen molar-refractivity contribution in [3.8, 4) is 5.75 Å². The molecular formula is C9H6ClNO3. The molecule has 1 aromatic carbocycles. The van der Waals surface area contributed by atoms with Gasteiger partial charge in [0.25, 0.3) is 11.7 Å². The molecule has 0 unspecified atom stereocenters. The van der Waals surface area contributed by atoms with Crippen molar-refractivity contribution >= 4 is 29.0 Å². The first-order chi connectivity index (χ1) is 6.52. The first kappa shape index (κ1) is 9.02. The Balaban J connectivity index is 2.77. The molecule has 1 amide bonds. The number of aromatic hydroxyl groups is 1. The molecule has 2 N–H and O–H groups in total. The molecule has 0 aromatic heterocycles. The summed E-state index contributed by atoms with van der Waals surface area (Å²) in [6.45, 7) is 1.64. The Morgan fingerprint density at radius 1 is 1.43 bits per heavy atom. The van der Waals surface area contributed by atoms with Crippen LogP contribution in [0.5, 0.6) is 5.75 Å². The van der Waals surface area contributed by atoms with Crippen LogP contribution in [0, 0.1) is 6.92 Å². The largest absolute Gasteiger partial charge is 0.506 e. The van der Waals surface area contributed by atoms with Crippen molar-refractivity contribution in [1.29, 1.82) is 0 Å². The summed E-state index contributed by atoms with van der Waals surface area (Å²) in [5.74, 6) is -1.58. The van der Waals surface area contributed by atoms with E-state index in [4.69, 9.17) is 11.6 Å². The molecular weight excluding hydrogens is 206 g/mol. The third kappa shape index (κ3) is 1.01. The van der Waals surface area contributed by atoms with Gasteiger partial charge in [0, 0.05) is 0 Å². The maximum absolute atomic E-state index is 11.3. The van der Waals surface area contributed by atoms with Gasteiger partial charge in [0.05, 0.1) is 16.3 Å². The van der Waals surface area contributed by atoms with Gasteiger partial charge < -0.3 is 10.4 Å². The number of nitrogens with one attached hydrogen (secondary N) is 1. The van der Waals surface area contributed by atoms with Crippen LogP contribution >= 0.6 is 11.6 Å². The highest BCUT2D eigenvalue weighted by Gasteiger charge is 2.32. The number of hydrogen-bond acceptors (Lipinski definition) is 3. The number of carbonyl (C=O) groups is 2. The minimum absolute atomic E-state index is 0.0553. The number of rotatable bonds is 0. The predicted octanol–water partition coefficient (Wildman–Crippen LogP) is 1.49. The lowest BCUT2D eigenvalue weighted by molar-refractivity contribution is -0.112. The number of benzene rings is 1. The van der Waals surface area contributed by atoms with Crippen LogP contribution in [-0.4, -0.2) is 16.8 Å². The number of fused-ring (bicyclic) bond motifs is 1. The molecule has 2 rings (SSSR count). The summed E-state index contributed by atoms with van der Waals surface area (Å²) in [6, 6.07) is 1.51. The highest BCUT2D eigenvalue weighted by molar-refractivity contribution is 6.55. The first-order valence-corrected chi connectivity index (χ1v) is 4.28. The lowest BCUT2D eigenvalue weighted by atomic mass is 10.1. The quantitative estimate of drug-likeness (QED) is 0.505. The zero-order chi connectivity index (χ0) is 10.5. The second-order valence-electron chi connectivity index (χ2n) is 3.06. The van der Waals surface area contributed by atoms with Crippen LogP contribution in [0.1, 0.15) is 15.9 Å². The van der Waals surface area contributed by atoms with E-state index >= 15 is 0 Å². The van der Waals surface area contributed by atoms with Gasteiger partial charge in [0.2, 0.25) is 0 Å². The summed E-state index contributed by atoms with van der Waals surface area (Å²) in [6.07, 6.45) is 0. The average Bonchev–Trinajstić information content (AvgIpc) is 2.39. The van der Waals surface area contributed by atoms with E-state index in [9.17, 15) is 14.7 Å². The SMILES string of the molecule is Cc1cc2c(c(Cl)c1O)C(=O)C(=O)N2. The van der Waals surface area contributed by atoms with Crippen molar-refractivity contribution in [2.75, 3.05) is 5.32 Å².